The van der Waals surface area contributed by atoms with Crippen LogP contribution >= 0.6 is 27.7 Å². The Morgan fingerprint density at radius 3 is 2.62 bits per heavy atom. The number of likely N-dealkylation sites (tertiary alicyclic amines) is 1. The fraction of sp³-hybridized carbons (Fsp3) is 0.552. The van der Waals surface area contributed by atoms with Crippen LogP contribution < -0.4 is 9.64 Å². The van der Waals surface area contributed by atoms with Crippen LogP contribution in [0.25, 0.3) is 0 Å². The summed E-state index contributed by atoms with van der Waals surface area (Å²) in [5.41, 5.74) is 0.649. The van der Waals surface area contributed by atoms with E-state index >= 15 is 0 Å². The van der Waals surface area contributed by atoms with Gasteiger partial charge in [-0.1, -0.05) is 35.0 Å². The molecule has 10 heteroatoms. The number of ether oxygens (including phenoxy) is 2. The number of esters is 1. The zero-order valence-electron chi connectivity index (χ0n) is 22.5. The number of methoxy groups -OCH3 is 1. The monoisotopic (exact) mass is 620 g/mol. The molecule has 2 bridgehead atoms. The van der Waals surface area contributed by atoms with Crippen LogP contribution in [-0.4, -0.2) is 81.6 Å². The molecule has 39 heavy (non-hydrogen) atoms. The summed E-state index contributed by atoms with van der Waals surface area (Å²) in [6.07, 6.45) is 5.84. The summed E-state index contributed by atoms with van der Waals surface area (Å²) in [7, 11) is 1.58. The molecule has 1 aromatic rings. The fourth-order valence-electron chi connectivity index (χ4n) is 6.28. The van der Waals surface area contributed by atoms with E-state index in [4.69, 9.17) is 9.47 Å². The van der Waals surface area contributed by atoms with Crippen LogP contribution in [0, 0.1) is 11.8 Å². The highest BCUT2D eigenvalue weighted by Crippen LogP contribution is 2.68. The van der Waals surface area contributed by atoms with Gasteiger partial charge in [-0.05, 0) is 49.9 Å². The van der Waals surface area contributed by atoms with E-state index in [2.05, 4.69) is 29.1 Å². The summed E-state index contributed by atoms with van der Waals surface area (Å²) in [6.45, 7) is 9.65. The summed E-state index contributed by atoms with van der Waals surface area (Å²) >= 11 is 5.32. The lowest BCUT2D eigenvalue weighted by Gasteiger charge is -2.39. The molecule has 1 spiro atoms. The highest BCUT2D eigenvalue weighted by atomic mass is 79.9. The Morgan fingerprint density at radius 1 is 1.31 bits per heavy atom. The number of unbranched alkanes of at least 4 members (excludes halogenated alkanes) is 1. The van der Waals surface area contributed by atoms with E-state index in [9.17, 15) is 19.5 Å². The number of benzene rings is 1. The second kappa shape index (κ2) is 12.5. The summed E-state index contributed by atoms with van der Waals surface area (Å²) in [5, 5.41) is 10.1. The third kappa shape index (κ3) is 5.15. The lowest BCUT2D eigenvalue weighted by Crippen LogP contribution is -2.58. The molecule has 2 amide bonds. The summed E-state index contributed by atoms with van der Waals surface area (Å²) in [4.78, 5) is 45.3. The van der Waals surface area contributed by atoms with Crippen LogP contribution in [-0.2, 0) is 19.1 Å². The van der Waals surface area contributed by atoms with Crippen molar-refractivity contribution in [1.82, 2.24) is 4.90 Å². The minimum Gasteiger partial charge on any atom is -0.497 e. The highest BCUT2D eigenvalue weighted by Gasteiger charge is 2.76. The molecule has 3 fully saturated rings. The standard InChI is InChI=1S/C29H37BrN2O6S/c1-5-8-9-15-38-28(36)22-23-26(34)32(18(7-3)17-33)25(29(23)16-21(30)24(22)39-29)27(35)31(14-6-2)19-10-12-20(37-4)13-11-19/h5-6,10-13,18,21-25,33H,1-2,7-9,14-17H2,3-4H3/t18-,21?,22-,23-,24-,25?,29?/m0/s1. The molecule has 0 aliphatic carbocycles. The van der Waals surface area contributed by atoms with Crippen molar-refractivity contribution in [3.8, 4) is 5.75 Å². The third-order valence-corrected chi connectivity index (χ3v) is 11.3. The second-order valence-electron chi connectivity index (χ2n) is 10.2. The maximum Gasteiger partial charge on any atom is 0.310 e. The smallest absolute Gasteiger partial charge is 0.310 e. The molecule has 212 valence electrons. The lowest BCUT2D eigenvalue weighted by molar-refractivity contribution is -0.154. The normalized spacial score (nSPS) is 29.6. The molecule has 4 rings (SSSR count). The van der Waals surface area contributed by atoms with E-state index in [0.717, 1.165) is 6.42 Å². The van der Waals surface area contributed by atoms with E-state index in [1.807, 2.05) is 6.92 Å². The Kier molecular flexibility index (Phi) is 9.49. The van der Waals surface area contributed by atoms with Crippen molar-refractivity contribution < 1.29 is 29.0 Å². The van der Waals surface area contributed by atoms with Gasteiger partial charge >= 0.3 is 5.97 Å². The zero-order valence-corrected chi connectivity index (χ0v) is 24.9. The number of aliphatic hydroxyl groups excluding tert-OH is 1. The minimum atomic E-state index is -0.859. The van der Waals surface area contributed by atoms with Crippen molar-refractivity contribution in [1.29, 1.82) is 0 Å². The van der Waals surface area contributed by atoms with E-state index in [1.54, 1.807) is 65.1 Å². The Morgan fingerprint density at radius 2 is 2.03 bits per heavy atom. The number of nitrogens with zero attached hydrogens (tertiary/aromatic N) is 2. The number of allylic oxidation sites excluding steroid dienone is 1. The molecule has 3 heterocycles. The van der Waals surface area contributed by atoms with Crippen LogP contribution in [0.15, 0.2) is 49.6 Å². The topological polar surface area (TPSA) is 96.4 Å². The Labute approximate surface area is 242 Å². The van der Waals surface area contributed by atoms with Gasteiger partial charge in [-0.15, -0.1) is 24.9 Å². The zero-order chi connectivity index (χ0) is 28.3. The summed E-state index contributed by atoms with van der Waals surface area (Å²) in [5.74, 6) is -1.63. The first-order valence-electron chi connectivity index (χ1n) is 13.4. The highest BCUT2D eigenvalue weighted by molar-refractivity contribution is 9.09. The number of rotatable bonds is 13. The van der Waals surface area contributed by atoms with E-state index in [1.165, 1.54) is 0 Å². The molecule has 3 aliphatic rings. The van der Waals surface area contributed by atoms with Crippen molar-refractivity contribution in [2.45, 2.75) is 59.5 Å². The van der Waals surface area contributed by atoms with Gasteiger partial charge in [0.25, 0.3) is 5.91 Å². The molecule has 8 nitrogen and oxygen atoms in total. The average molecular weight is 622 g/mol. The summed E-state index contributed by atoms with van der Waals surface area (Å²) in [6, 6.07) is 5.75. The predicted octanol–water partition coefficient (Wildman–Crippen LogP) is 3.96. The molecule has 0 saturated carbocycles. The summed E-state index contributed by atoms with van der Waals surface area (Å²) < 4.78 is 10.1. The first kappa shape index (κ1) is 29.7. The van der Waals surface area contributed by atoms with Crippen LogP contribution in [0.2, 0.25) is 0 Å². The van der Waals surface area contributed by atoms with Gasteiger partial charge in [-0.25, -0.2) is 0 Å². The van der Waals surface area contributed by atoms with Gasteiger partial charge in [0.05, 0.1) is 42.9 Å². The number of hydrogen-bond donors (Lipinski definition) is 1. The maximum absolute atomic E-state index is 14.6. The molecule has 1 N–H and O–H groups in total. The number of fused-ring (bicyclic) bond motifs is 1. The van der Waals surface area contributed by atoms with Crippen molar-refractivity contribution in [3.63, 3.8) is 0 Å². The average Bonchev–Trinajstić information content (AvgIpc) is 3.54. The number of halogens is 1. The molecule has 0 radical (unpaired) electrons. The molecular weight excluding hydrogens is 584 g/mol. The first-order chi connectivity index (χ1) is 18.8. The molecule has 3 aliphatic heterocycles. The van der Waals surface area contributed by atoms with Crippen LogP contribution in [0.5, 0.6) is 5.75 Å². The number of carbonyl (C=O) groups is 3. The van der Waals surface area contributed by atoms with Gasteiger partial charge in [-0.3, -0.25) is 14.4 Å². The SMILES string of the molecule is C=CCCCOC(=O)[C@H]1[C@H]2C(=O)N([C@@H](CC)CO)C(C(=O)N(CC=C)c3ccc(OC)cc3)C23CC(Br)[C@@H]1S3. The van der Waals surface area contributed by atoms with Crippen LogP contribution in [0.4, 0.5) is 5.69 Å². The van der Waals surface area contributed by atoms with Crippen molar-refractivity contribution >= 4 is 51.2 Å². The number of hydrogen-bond acceptors (Lipinski definition) is 7. The molecule has 1 aromatic carbocycles. The van der Waals surface area contributed by atoms with Gasteiger partial charge in [0.2, 0.25) is 5.91 Å². The Hall–Kier alpha value is -2.30. The quantitative estimate of drug-likeness (QED) is 0.154. The Balaban J connectivity index is 1.75. The van der Waals surface area contributed by atoms with E-state index < -0.39 is 34.6 Å². The fourth-order valence-corrected chi connectivity index (χ4v) is 9.86. The van der Waals surface area contributed by atoms with Gasteiger partial charge in [-0.2, -0.15) is 0 Å². The number of amides is 2. The largest absolute Gasteiger partial charge is 0.497 e. The van der Waals surface area contributed by atoms with Gasteiger partial charge in [0, 0.05) is 22.3 Å². The molecule has 0 aromatic heterocycles. The number of carbonyl (C=O) groups excluding carboxylic acids is 3. The number of anilines is 1. The van der Waals surface area contributed by atoms with E-state index in [-0.39, 0.29) is 41.6 Å². The second-order valence-corrected chi connectivity index (χ2v) is 12.9. The lowest BCUT2D eigenvalue weighted by atomic mass is 9.71. The number of aliphatic hydroxyl groups is 1. The van der Waals surface area contributed by atoms with E-state index in [0.29, 0.717) is 30.7 Å². The first-order valence-corrected chi connectivity index (χ1v) is 15.2. The molecule has 3 unspecified atom stereocenters. The van der Waals surface area contributed by atoms with Crippen molar-refractivity contribution in [2.75, 3.05) is 31.8 Å². The predicted molar refractivity (Wildman–Crippen MR) is 156 cm³/mol. The molecule has 3 saturated heterocycles. The molecule has 7 atom stereocenters. The van der Waals surface area contributed by atoms with Crippen molar-refractivity contribution in [3.05, 3.63) is 49.6 Å². The van der Waals surface area contributed by atoms with Gasteiger partial charge in [0.1, 0.15) is 11.8 Å². The van der Waals surface area contributed by atoms with Crippen molar-refractivity contribution in [2.24, 2.45) is 11.8 Å². The number of alkyl halides is 1. The molecular formula is C29H37BrN2O6S. The van der Waals surface area contributed by atoms with Gasteiger partial charge < -0.3 is 24.4 Å². The van der Waals surface area contributed by atoms with Crippen LogP contribution in [0.1, 0.15) is 32.6 Å². The third-order valence-electron chi connectivity index (χ3n) is 8.07. The number of thioether (sulfide) groups is 1. The Bertz CT molecular complexity index is 1100. The minimum absolute atomic E-state index is 0.0597. The van der Waals surface area contributed by atoms with Gasteiger partial charge in [0.15, 0.2) is 0 Å². The van der Waals surface area contributed by atoms with Crippen LogP contribution in [0.3, 0.4) is 0 Å². The maximum atomic E-state index is 14.6.